The van der Waals surface area contributed by atoms with Crippen molar-refractivity contribution in [3.8, 4) is 0 Å². The predicted octanol–water partition coefficient (Wildman–Crippen LogP) is 21.0. The molecule has 0 aromatic rings. The van der Waals surface area contributed by atoms with Crippen LogP contribution in [0.2, 0.25) is 0 Å². The van der Waals surface area contributed by atoms with E-state index in [0.717, 1.165) is 83.5 Å². The number of phosphoric ester groups is 1. The van der Waals surface area contributed by atoms with Gasteiger partial charge in [-0.05, 0) is 89.9 Å². The van der Waals surface area contributed by atoms with Crippen molar-refractivity contribution < 1.29 is 37.6 Å². The summed E-state index contributed by atoms with van der Waals surface area (Å²) in [6, 6.07) is 0. The van der Waals surface area contributed by atoms with Crippen LogP contribution in [0.15, 0.2) is 85.1 Å². The fourth-order valence-corrected chi connectivity index (χ4v) is 9.99. The van der Waals surface area contributed by atoms with E-state index in [9.17, 15) is 19.0 Å². The smallest absolute Gasteiger partial charge is 0.462 e. The second-order valence-corrected chi connectivity index (χ2v) is 23.1. The maximum Gasteiger partial charge on any atom is 0.472 e. The second-order valence-electron chi connectivity index (χ2n) is 21.6. The Balaban J connectivity index is 3.81. The summed E-state index contributed by atoms with van der Waals surface area (Å²) in [6.45, 7) is 3.63. The van der Waals surface area contributed by atoms with Crippen LogP contribution in [0.5, 0.6) is 0 Å². The molecular weight excluding hydrogens is 990 g/mol. The molecule has 0 aliphatic rings. The fourth-order valence-electron chi connectivity index (χ4n) is 9.23. The SMILES string of the molecule is CC/C=C\C/C=C\C/C=C\C/C=C\C/C=C\CCCCCCCCCCCCCCCCCCCCCCCCCC(=O)OC(COC(=O)CCCCCCCCC/C=C\C/C=C\CCCCCC)COP(=O)(O)OCCN. The van der Waals surface area contributed by atoms with Gasteiger partial charge in [0.2, 0.25) is 0 Å². The lowest BCUT2D eigenvalue weighted by atomic mass is 10.0. The minimum atomic E-state index is -4.39. The van der Waals surface area contributed by atoms with Crippen LogP contribution in [0, 0.1) is 0 Å². The largest absolute Gasteiger partial charge is 0.472 e. The van der Waals surface area contributed by atoms with E-state index in [1.165, 1.54) is 186 Å². The van der Waals surface area contributed by atoms with Crippen LogP contribution in [0.25, 0.3) is 0 Å². The molecule has 2 atom stereocenters. The monoisotopic (exact) mass is 1110 g/mol. The van der Waals surface area contributed by atoms with Crippen LogP contribution in [0.1, 0.15) is 303 Å². The van der Waals surface area contributed by atoms with Crippen LogP contribution in [-0.4, -0.2) is 49.3 Å². The van der Waals surface area contributed by atoms with Crippen molar-refractivity contribution in [2.45, 2.75) is 309 Å². The summed E-state index contributed by atoms with van der Waals surface area (Å²) in [5.74, 6) is -0.826. The number of hydrogen-bond acceptors (Lipinski definition) is 8. The third-order valence-corrected chi connectivity index (χ3v) is 15.0. The molecule has 0 rings (SSSR count). The Morgan fingerprint density at radius 1 is 0.397 bits per heavy atom. The zero-order valence-electron chi connectivity index (χ0n) is 50.6. The first-order chi connectivity index (χ1) is 38.3. The van der Waals surface area contributed by atoms with Gasteiger partial charge in [-0.1, -0.05) is 285 Å². The minimum absolute atomic E-state index is 0.0515. The highest BCUT2D eigenvalue weighted by Crippen LogP contribution is 2.43. The number of esters is 2. The maximum atomic E-state index is 12.7. The van der Waals surface area contributed by atoms with Gasteiger partial charge in [0.25, 0.3) is 0 Å². The molecule has 0 saturated carbocycles. The summed E-state index contributed by atoms with van der Waals surface area (Å²) in [4.78, 5) is 35.2. The summed E-state index contributed by atoms with van der Waals surface area (Å²) in [5.41, 5.74) is 5.39. The van der Waals surface area contributed by atoms with Crippen molar-refractivity contribution in [3.05, 3.63) is 85.1 Å². The van der Waals surface area contributed by atoms with Crippen molar-refractivity contribution in [3.63, 3.8) is 0 Å². The third kappa shape index (κ3) is 62.4. The molecule has 0 aliphatic heterocycles. The van der Waals surface area contributed by atoms with Crippen LogP contribution >= 0.6 is 7.82 Å². The molecular formula is C68H122NO8P. The average Bonchev–Trinajstić information content (AvgIpc) is 3.43. The van der Waals surface area contributed by atoms with Crippen molar-refractivity contribution in [1.29, 1.82) is 0 Å². The number of hydrogen-bond donors (Lipinski definition) is 2. The van der Waals surface area contributed by atoms with E-state index in [2.05, 4.69) is 98.9 Å². The van der Waals surface area contributed by atoms with Crippen LogP contribution in [-0.2, 0) is 32.7 Å². The van der Waals surface area contributed by atoms with Gasteiger partial charge in [-0.25, -0.2) is 4.57 Å². The van der Waals surface area contributed by atoms with Crippen LogP contribution < -0.4 is 5.73 Å². The molecule has 0 saturated heterocycles. The molecule has 78 heavy (non-hydrogen) atoms. The number of carbonyl (C=O) groups is 2. The number of unbranched alkanes of at least 4 members (excludes halogenated alkanes) is 34. The van der Waals surface area contributed by atoms with E-state index in [1.54, 1.807) is 0 Å². The quantitative estimate of drug-likeness (QED) is 0.0264. The zero-order valence-corrected chi connectivity index (χ0v) is 51.5. The normalized spacial score (nSPS) is 13.5. The van der Waals surface area contributed by atoms with E-state index in [-0.39, 0.29) is 38.6 Å². The zero-order chi connectivity index (χ0) is 56.6. The average molecular weight is 1110 g/mol. The summed E-state index contributed by atoms with van der Waals surface area (Å²) in [5, 5.41) is 0. The lowest BCUT2D eigenvalue weighted by Crippen LogP contribution is -2.29. The van der Waals surface area contributed by atoms with Gasteiger partial charge in [-0.3, -0.25) is 18.6 Å². The first kappa shape index (κ1) is 75.2. The number of carbonyl (C=O) groups excluding carboxylic acids is 2. The van der Waals surface area contributed by atoms with Gasteiger partial charge in [0.15, 0.2) is 6.10 Å². The fraction of sp³-hybridized carbons (Fsp3) is 0.765. The summed E-state index contributed by atoms with van der Waals surface area (Å²) < 4.78 is 33.1. The molecule has 0 aliphatic carbocycles. The lowest BCUT2D eigenvalue weighted by Gasteiger charge is -2.19. The van der Waals surface area contributed by atoms with Gasteiger partial charge >= 0.3 is 19.8 Å². The molecule has 10 heteroatoms. The molecule has 0 aromatic heterocycles. The lowest BCUT2D eigenvalue weighted by molar-refractivity contribution is -0.161. The molecule has 0 heterocycles. The topological polar surface area (TPSA) is 134 Å². The molecule has 0 bridgehead atoms. The molecule has 9 nitrogen and oxygen atoms in total. The van der Waals surface area contributed by atoms with Crippen molar-refractivity contribution in [2.24, 2.45) is 5.73 Å². The highest BCUT2D eigenvalue weighted by molar-refractivity contribution is 7.47. The van der Waals surface area contributed by atoms with Gasteiger partial charge in [0.1, 0.15) is 6.61 Å². The standard InChI is InChI=1S/C68H122NO8P/c1-3-5-7-9-11-13-15-17-19-21-23-24-25-26-27-28-29-30-31-32-33-34-35-36-37-38-39-40-41-42-43-45-47-49-51-53-55-57-59-61-68(71)77-66(65-76-78(72,73)75-63-62-69)64-74-67(70)60-58-56-54-52-50-48-46-44-22-20-18-16-14-12-10-8-6-4-2/h5,7,11,13-14,16-17,19-20,22-24,26-27,66H,3-4,6,8-10,12,15,18,21,25,28-65,69H2,1-2H3,(H,72,73)/b7-5-,13-11-,16-14-,19-17-,22-20-,24-23-,27-26-. The molecule has 0 aromatic carbocycles. The number of phosphoric acid groups is 1. The molecule has 0 fully saturated rings. The Labute approximate surface area is 481 Å². The Morgan fingerprint density at radius 2 is 0.705 bits per heavy atom. The minimum Gasteiger partial charge on any atom is -0.462 e. The second kappa shape index (κ2) is 63.4. The van der Waals surface area contributed by atoms with Crippen molar-refractivity contribution >= 4 is 19.8 Å². The van der Waals surface area contributed by atoms with Gasteiger partial charge in [-0.15, -0.1) is 0 Å². The molecule has 2 unspecified atom stereocenters. The van der Waals surface area contributed by atoms with Gasteiger partial charge in [0.05, 0.1) is 13.2 Å². The highest BCUT2D eigenvalue weighted by Gasteiger charge is 2.26. The van der Waals surface area contributed by atoms with E-state index in [1.807, 2.05) is 0 Å². The van der Waals surface area contributed by atoms with Gasteiger partial charge < -0.3 is 20.1 Å². The number of nitrogens with two attached hydrogens (primary N) is 1. The number of allylic oxidation sites excluding steroid dienone is 14. The first-order valence-electron chi connectivity index (χ1n) is 32.6. The Bertz CT molecular complexity index is 1550. The first-order valence-corrected chi connectivity index (χ1v) is 34.1. The Morgan fingerprint density at radius 3 is 1.05 bits per heavy atom. The molecule has 0 radical (unpaired) electrons. The molecule has 452 valence electrons. The molecule has 0 amide bonds. The Hall–Kier alpha value is -2.81. The van der Waals surface area contributed by atoms with Gasteiger partial charge in [0, 0.05) is 19.4 Å². The van der Waals surface area contributed by atoms with Crippen molar-refractivity contribution in [2.75, 3.05) is 26.4 Å². The third-order valence-electron chi connectivity index (χ3n) is 14.0. The molecule has 3 N–H and O–H groups in total. The van der Waals surface area contributed by atoms with E-state index in [4.69, 9.17) is 24.3 Å². The predicted molar refractivity (Wildman–Crippen MR) is 335 cm³/mol. The van der Waals surface area contributed by atoms with E-state index >= 15 is 0 Å². The van der Waals surface area contributed by atoms with Gasteiger partial charge in [-0.2, -0.15) is 0 Å². The van der Waals surface area contributed by atoms with Crippen molar-refractivity contribution in [1.82, 2.24) is 0 Å². The summed E-state index contributed by atoms with van der Waals surface area (Å²) in [6.07, 6.45) is 83.9. The van der Waals surface area contributed by atoms with E-state index < -0.39 is 26.5 Å². The summed E-state index contributed by atoms with van der Waals surface area (Å²) >= 11 is 0. The Kier molecular flexibility index (Phi) is 61.1. The van der Waals surface area contributed by atoms with E-state index in [0.29, 0.717) is 6.42 Å². The number of ether oxygens (including phenoxy) is 2. The highest BCUT2D eigenvalue weighted by atomic mass is 31.2. The van der Waals surface area contributed by atoms with Crippen LogP contribution in [0.4, 0.5) is 0 Å². The maximum absolute atomic E-state index is 12.7. The number of rotatable bonds is 61. The molecule has 0 spiro atoms. The summed E-state index contributed by atoms with van der Waals surface area (Å²) in [7, 11) is -4.39. The van der Waals surface area contributed by atoms with Crippen LogP contribution in [0.3, 0.4) is 0 Å².